The number of rotatable bonds is 6. The van der Waals surface area contributed by atoms with E-state index in [0.29, 0.717) is 16.5 Å². The lowest BCUT2D eigenvalue weighted by Crippen LogP contribution is -2.29. The largest absolute Gasteiger partial charge is 0.326 e. The first-order valence-corrected chi connectivity index (χ1v) is 14.0. The highest BCUT2D eigenvalue weighted by Gasteiger charge is 2.28. The Morgan fingerprint density at radius 2 is 1.71 bits per heavy atom. The lowest BCUT2D eigenvalue weighted by atomic mass is 9.97. The van der Waals surface area contributed by atoms with Crippen LogP contribution in [0.3, 0.4) is 0 Å². The summed E-state index contributed by atoms with van der Waals surface area (Å²) in [7, 11) is 0. The zero-order valence-corrected chi connectivity index (χ0v) is 21.7. The van der Waals surface area contributed by atoms with Crippen molar-refractivity contribution in [3.8, 4) is 0 Å². The Labute approximate surface area is 212 Å². The van der Waals surface area contributed by atoms with Gasteiger partial charge >= 0.3 is 0 Å². The van der Waals surface area contributed by atoms with Crippen molar-refractivity contribution in [2.45, 2.75) is 81.7 Å². The lowest BCUT2D eigenvalue weighted by molar-refractivity contribution is -0.115. The van der Waals surface area contributed by atoms with E-state index in [4.69, 9.17) is 4.98 Å². The summed E-state index contributed by atoms with van der Waals surface area (Å²) < 4.78 is 1.90. The number of benzene rings is 1. The molecular formula is C26H30N4O3S2. The molecule has 0 spiro atoms. The summed E-state index contributed by atoms with van der Waals surface area (Å²) in [5.74, 6) is -0.295. The maximum Gasteiger partial charge on any atom is 0.263 e. The third-order valence-electron chi connectivity index (χ3n) is 6.80. The number of hydrogen-bond acceptors (Lipinski definition) is 6. The first-order valence-electron chi connectivity index (χ1n) is 12.3. The highest BCUT2D eigenvalue weighted by Crippen LogP contribution is 2.38. The second-order valence-electron chi connectivity index (χ2n) is 9.41. The fourth-order valence-electron chi connectivity index (χ4n) is 5.06. The summed E-state index contributed by atoms with van der Waals surface area (Å²) in [6.07, 6.45) is 8.48. The third-order valence-corrected chi connectivity index (χ3v) is 9.05. The number of carbonyl (C=O) groups is 2. The van der Waals surface area contributed by atoms with Gasteiger partial charge in [-0.05, 0) is 75.3 Å². The van der Waals surface area contributed by atoms with Crippen LogP contribution >= 0.6 is 23.1 Å². The van der Waals surface area contributed by atoms with Crippen LogP contribution in [0.25, 0.3) is 10.2 Å². The molecule has 2 amide bonds. The Morgan fingerprint density at radius 1 is 1.06 bits per heavy atom. The highest BCUT2D eigenvalue weighted by atomic mass is 32.2. The van der Waals surface area contributed by atoms with Crippen LogP contribution in [-0.4, -0.2) is 26.6 Å². The maximum atomic E-state index is 13.8. The van der Waals surface area contributed by atoms with Gasteiger partial charge in [-0.1, -0.05) is 24.6 Å². The number of nitrogens with one attached hydrogen (secondary N) is 2. The molecule has 2 aliphatic carbocycles. The predicted molar refractivity (Wildman–Crippen MR) is 143 cm³/mol. The second-order valence-corrected chi connectivity index (χ2v) is 11.8. The molecule has 3 aromatic rings. The summed E-state index contributed by atoms with van der Waals surface area (Å²) >= 11 is 3.01. The van der Waals surface area contributed by atoms with E-state index in [9.17, 15) is 14.4 Å². The number of hydrogen-bond donors (Lipinski definition) is 2. The van der Waals surface area contributed by atoms with Crippen molar-refractivity contribution in [1.29, 1.82) is 0 Å². The van der Waals surface area contributed by atoms with E-state index in [1.807, 2.05) is 11.5 Å². The molecule has 1 aromatic carbocycles. The summed E-state index contributed by atoms with van der Waals surface area (Å²) in [5, 5.41) is 6.69. The monoisotopic (exact) mass is 510 g/mol. The predicted octanol–water partition coefficient (Wildman–Crippen LogP) is 5.53. The molecule has 1 saturated carbocycles. The molecule has 0 unspecified atom stereocenters. The smallest absolute Gasteiger partial charge is 0.263 e. The molecule has 2 aliphatic rings. The van der Waals surface area contributed by atoms with E-state index < -0.39 is 5.25 Å². The van der Waals surface area contributed by atoms with Crippen molar-refractivity contribution in [3.05, 3.63) is 45.1 Å². The van der Waals surface area contributed by atoms with E-state index in [1.165, 1.54) is 35.5 Å². The molecule has 2 heterocycles. The minimum Gasteiger partial charge on any atom is -0.326 e. The highest BCUT2D eigenvalue weighted by molar-refractivity contribution is 8.00. The number of nitrogens with zero attached hydrogens (tertiary/aromatic N) is 2. The quantitative estimate of drug-likeness (QED) is 0.336. The van der Waals surface area contributed by atoms with Gasteiger partial charge in [-0.25, -0.2) is 4.98 Å². The van der Waals surface area contributed by atoms with Gasteiger partial charge in [0.25, 0.3) is 5.56 Å². The number of aryl methyl sites for hydroxylation is 2. The number of amides is 2. The van der Waals surface area contributed by atoms with Crippen molar-refractivity contribution in [2.24, 2.45) is 0 Å². The molecule has 5 rings (SSSR count). The van der Waals surface area contributed by atoms with E-state index in [2.05, 4.69) is 10.6 Å². The van der Waals surface area contributed by atoms with Gasteiger partial charge in [0.1, 0.15) is 4.83 Å². The lowest BCUT2D eigenvalue weighted by Gasteiger charge is -2.20. The average molecular weight is 511 g/mol. The zero-order valence-electron chi connectivity index (χ0n) is 20.1. The standard InChI is InChI=1S/C26H30N4O3S2/c1-15(23(32)28-18-13-11-17(12-14-18)27-16(2)31)34-26-29-24-22(20-9-5-6-10-21(20)35-24)25(33)30(26)19-7-3-4-8-19/h11-15,19H,3-10H2,1-2H3,(H,27,31)(H,28,32)/t15-/m0/s1. The van der Waals surface area contributed by atoms with Crippen molar-refractivity contribution in [2.75, 3.05) is 10.6 Å². The summed E-state index contributed by atoms with van der Waals surface area (Å²) in [4.78, 5) is 45.1. The maximum absolute atomic E-state index is 13.8. The van der Waals surface area contributed by atoms with Gasteiger partial charge in [0.2, 0.25) is 11.8 Å². The van der Waals surface area contributed by atoms with Crippen LogP contribution in [0.4, 0.5) is 11.4 Å². The molecular weight excluding hydrogens is 480 g/mol. The Balaban J connectivity index is 1.41. The van der Waals surface area contributed by atoms with Gasteiger partial charge in [0.15, 0.2) is 5.16 Å². The minimum atomic E-state index is -0.434. The molecule has 0 bridgehead atoms. The summed E-state index contributed by atoms with van der Waals surface area (Å²) in [6.45, 7) is 3.30. The number of anilines is 2. The van der Waals surface area contributed by atoms with E-state index in [-0.39, 0.29) is 23.4 Å². The molecule has 35 heavy (non-hydrogen) atoms. The molecule has 1 fully saturated rings. The average Bonchev–Trinajstić information content (AvgIpc) is 3.48. The normalized spacial score (nSPS) is 16.7. The molecule has 9 heteroatoms. The number of aromatic nitrogens is 2. The molecule has 0 saturated heterocycles. The van der Waals surface area contributed by atoms with Gasteiger partial charge in [-0.2, -0.15) is 0 Å². The number of fused-ring (bicyclic) bond motifs is 3. The van der Waals surface area contributed by atoms with Crippen LogP contribution in [0.1, 0.15) is 68.9 Å². The molecule has 1 atom stereocenters. The van der Waals surface area contributed by atoms with Gasteiger partial charge in [0.05, 0.1) is 10.6 Å². The van der Waals surface area contributed by atoms with Crippen molar-refractivity contribution in [1.82, 2.24) is 9.55 Å². The fourth-order valence-corrected chi connectivity index (χ4v) is 7.34. The van der Waals surface area contributed by atoms with Crippen molar-refractivity contribution >= 4 is 56.5 Å². The van der Waals surface area contributed by atoms with Crippen LogP contribution in [0.15, 0.2) is 34.2 Å². The Morgan fingerprint density at radius 3 is 2.40 bits per heavy atom. The Hall–Kier alpha value is -2.65. The van der Waals surface area contributed by atoms with Crippen LogP contribution in [0.5, 0.6) is 0 Å². The molecule has 2 N–H and O–H groups in total. The van der Waals surface area contributed by atoms with E-state index in [0.717, 1.165) is 55.2 Å². The van der Waals surface area contributed by atoms with E-state index in [1.54, 1.807) is 35.6 Å². The van der Waals surface area contributed by atoms with Crippen LogP contribution in [0, 0.1) is 0 Å². The molecule has 7 nitrogen and oxygen atoms in total. The van der Waals surface area contributed by atoms with Gasteiger partial charge in [0, 0.05) is 29.2 Å². The third kappa shape index (κ3) is 5.02. The van der Waals surface area contributed by atoms with Crippen molar-refractivity contribution in [3.63, 3.8) is 0 Å². The molecule has 184 valence electrons. The van der Waals surface area contributed by atoms with Crippen LogP contribution in [-0.2, 0) is 22.4 Å². The SMILES string of the molecule is CC(=O)Nc1ccc(NC(=O)[C@H](C)Sc2nc3sc4c(c3c(=O)n2C2CCCC2)CCCC4)cc1. The van der Waals surface area contributed by atoms with E-state index >= 15 is 0 Å². The first kappa shape index (κ1) is 24.1. The zero-order chi connectivity index (χ0) is 24.5. The molecule has 0 radical (unpaired) electrons. The fraction of sp³-hybridized carbons (Fsp3) is 0.462. The molecule has 2 aromatic heterocycles. The topological polar surface area (TPSA) is 93.1 Å². The Bertz CT molecular complexity index is 1320. The summed E-state index contributed by atoms with van der Waals surface area (Å²) in [5.41, 5.74) is 2.62. The number of thioether (sulfide) groups is 1. The summed E-state index contributed by atoms with van der Waals surface area (Å²) in [6, 6.07) is 7.17. The van der Waals surface area contributed by atoms with Crippen LogP contribution in [0.2, 0.25) is 0 Å². The first-order chi connectivity index (χ1) is 16.9. The number of thiophene rings is 1. The van der Waals surface area contributed by atoms with Gasteiger partial charge in [-0.3, -0.25) is 19.0 Å². The Kier molecular flexibility index (Phi) is 6.98. The number of carbonyl (C=O) groups excluding carboxylic acids is 2. The van der Waals surface area contributed by atoms with Crippen LogP contribution < -0.4 is 16.2 Å². The second kappa shape index (κ2) is 10.1. The minimum absolute atomic E-state index is 0.0740. The van der Waals surface area contributed by atoms with Crippen molar-refractivity contribution < 1.29 is 9.59 Å². The van der Waals surface area contributed by atoms with Gasteiger partial charge in [-0.15, -0.1) is 11.3 Å². The molecule has 0 aliphatic heterocycles. The van der Waals surface area contributed by atoms with Gasteiger partial charge < -0.3 is 10.6 Å².